The van der Waals surface area contributed by atoms with E-state index < -0.39 is 54.0 Å². The summed E-state index contributed by atoms with van der Waals surface area (Å²) in [5.41, 5.74) is -0.659. The van der Waals surface area contributed by atoms with E-state index in [0.29, 0.717) is 16.7 Å². The van der Waals surface area contributed by atoms with Crippen LogP contribution in [0.25, 0.3) is 0 Å². The molecule has 3 amide bonds. The quantitative estimate of drug-likeness (QED) is 0.426. The van der Waals surface area contributed by atoms with Crippen molar-refractivity contribution in [3.8, 4) is 0 Å². The van der Waals surface area contributed by atoms with Crippen LogP contribution < -0.4 is 10.6 Å². The second-order valence-electron chi connectivity index (χ2n) is 9.13. The SMILES string of the molecule is CC(=O)NC1=NCN([C@H]2C[C@@](O)(C(=O)c3ccccc3C)[C@@H](C(=O)C(O)c3ccccc3C)O2)C(=O)N1. The van der Waals surface area contributed by atoms with E-state index >= 15 is 0 Å². The normalized spacial score (nSPS) is 24.2. The van der Waals surface area contributed by atoms with Gasteiger partial charge < -0.3 is 14.9 Å². The molecule has 0 spiro atoms. The van der Waals surface area contributed by atoms with Crippen molar-refractivity contribution >= 4 is 29.5 Å². The molecule has 194 valence electrons. The van der Waals surface area contributed by atoms with Gasteiger partial charge in [0.1, 0.15) is 19.0 Å². The molecule has 0 saturated carbocycles. The number of aryl methyl sites for hydroxylation is 2. The van der Waals surface area contributed by atoms with Crippen LogP contribution >= 0.6 is 0 Å². The molecule has 2 heterocycles. The van der Waals surface area contributed by atoms with E-state index in [4.69, 9.17) is 4.74 Å². The molecular weight excluding hydrogens is 480 g/mol. The molecule has 2 aromatic carbocycles. The van der Waals surface area contributed by atoms with E-state index in [1.807, 2.05) is 0 Å². The maximum absolute atomic E-state index is 13.7. The van der Waals surface area contributed by atoms with Crippen molar-refractivity contribution in [2.24, 2.45) is 4.99 Å². The number of benzene rings is 2. The first-order valence-corrected chi connectivity index (χ1v) is 11.7. The van der Waals surface area contributed by atoms with Crippen LogP contribution in [0.5, 0.6) is 0 Å². The maximum Gasteiger partial charge on any atom is 0.327 e. The molecule has 1 saturated heterocycles. The predicted molar refractivity (Wildman–Crippen MR) is 131 cm³/mol. The third-order valence-electron chi connectivity index (χ3n) is 6.52. The van der Waals surface area contributed by atoms with E-state index in [-0.39, 0.29) is 18.2 Å². The Labute approximate surface area is 213 Å². The molecule has 4 atom stereocenters. The number of hydrogen-bond acceptors (Lipinski definition) is 8. The Hall–Kier alpha value is -3.93. The number of aliphatic hydroxyl groups excluding tert-OH is 1. The summed E-state index contributed by atoms with van der Waals surface area (Å²) in [7, 11) is 0. The molecule has 0 bridgehead atoms. The Kier molecular flexibility index (Phi) is 7.21. The second kappa shape index (κ2) is 10.2. The van der Waals surface area contributed by atoms with Crippen molar-refractivity contribution in [2.75, 3.05) is 6.67 Å². The number of hydrogen-bond donors (Lipinski definition) is 4. The van der Waals surface area contributed by atoms with Crippen molar-refractivity contribution in [3.63, 3.8) is 0 Å². The van der Waals surface area contributed by atoms with Gasteiger partial charge in [-0.15, -0.1) is 0 Å². The summed E-state index contributed by atoms with van der Waals surface area (Å²) in [5.74, 6) is -2.16. The van der Waals surface area contributed by atoms with Crippen molar-refractivity contribution in [2.45, 2.75) is 51.2 Å². The van der Waals surface area contributed by atoms with Gasteiger partial charge in [-0.25, -0.2) is 9.79 Å². The fourth-order valence-electron chi connectivity index (χ4n) is 4.52. The average molecular weight is 509 g/mol. The molecule has 0 aliphatic carbocycles. The molecule has 2 aromatic rings. The Morgan fingerprint density at radius 3 is 2.41 bits per heavy atom. The number of aliphatic imine (C=N–C) groups is 1. The van der Waals surface area contributed by atoms with Crippen LogP contribution in [0.15, 0.2) is 53.5 Å². The summed E-state index contributed by atoms with van der Waals surface area (Å²) in [4.78, 5) is 56.4. The maximum atomic E-state index is 13.7. The molecule has 2 aliphatic rings. The van der Waals surface area contributed by atoms with Crippen LogP contribution in [0.4, 0.5) is 4.79 Å². The Morgan fingerprint density at radius 2 is 1.78 bits per heavy atom. The van der Waals surface area contributed by atoms with Crippen LogP contribution in [0.2, 0.25) is 0 Å². The Bertz CT molecular complexity index is 1290. The largest absolute Gasteiger partial charge is 0.380 e. The minimum atomic E-state index is -2.38. The molecular formula is C26H28N4O7. The highest BCUT2D eigenvalue weighted by Crippen LogP contribution is 2.39. The summed E-state index contributed by atoms with van der Waals surface area (Å²) >= 11 is 0. The minimum absolute atomic E-state index is 0.0550. The zero-order valence-corrected chi connectivity index (χ0v) is 20.6. The molecule has 1 unspecified atom stereocenters. The molecule has 2 aliphatic heterocycles. The number of nitrogens with one attached hydrogen (secondary N) is 2. The minimum Gasteiger partial charge on any atom is -0.380 e. The van der Waals surface area contributed by atoms with Crippen LogP contribution in [0, 0.1) is 13.8 Å². The summed E-state index contributed by atoms with van der Waals surface area (Å²) < 4.78 is 5.86. The van der Waals surface area contributed by atoms with Gasteiger partial charge in [0.25, 0.3) is 0 Å². The lowest BCUT2D eigenvalue weighted by atomic mass is 9.81. The highest BCUT2D eigenvalue weighted by atomic mass is 16.5. The van der Waals surface area contributed by atoms with Gasteiger partial charge in [0, 0.05) is 18.9 Å². The standard InChI is InChI=1S/C26H28N4O7/c1-14-8-4-6-10-17(14)20(32)21(33)23-26(36,22(34)18-11-7-5-9-15(18)2)12-19(37-23)30-13-27-24(28-16(3)31)29-25(30)35/h4-11,19-20,23,32,36H,12-13H2,1-3H3,(H2,27,28,29,31,35)/t19-,20?,23-,26-/m1/s1. The van der Waals surface area contributed by atoms with Gasteiger partial charge in [-0.1, -0.05) is 48.5 Å². The molecule has 1 fully saturated rings. The Balaban J connectivity index is 1.69. The number of ether oxygens (including phenoxy) is 1. The van der Waals surface area contributed by atoms with Crippen LogP contribution in [0.1, 0.15) is 46.5 Å². The predicted octanol–water partition coefficient (Wildman–Crippen LogP) is 1.11. The monoisotopic (exact) mass is 508 g/mol. The van der Waals surface area contributed by atoms with Gasteiger partial charge in [0.2, 0.25) is 11.9 Å². The molecule has 4 rings (SSSR count). The van der Waals surface area contributed by atoms with E-state index in [0.717, 1.165) is 4.90 Å². The van der Waals surface area contributed by atoms with Crippen LogP contribution in [-0.4, -0.2) is 69.2 Å². The van der Waals surface area contributed by atoms with E-state index in [2.05, 4.69) is 15.6 Å². The number of guanidine groups is 1. The van der Waals surface area contributed by atoms with E-state index in [9.17, 15) is 29.4 Å². The number of carbonyl (C=O) groups is 4. The third kappa shape index (κ3) is 5.01. The summed E-state index contributed by atoms with van der Waals surface area (Å²) in [6.07, 6.45) is -5.11. The zero-order valence-electron chi connectivity index (χ0n) is 20.6. The van der Waals surface area contributed by atoms with E-state index in [1.165, 1.54) is 13.0 Å². The van der Waals surface area contributed by atoms with Crippen molar-refractivity contribution in [1.82, 2.24) is 15.5 Å². The molecule has 0 radical (unpaired) electrons. The highest BCUT2D eigenvalue weighted by Gasteiger charge is 2.59. The first kappa shape index (κ1) is 26.1. The molecule has 11 heteroatoms. The van der Waals surface area contributed by atoms with Crippen LogP contribution in [-0.2, 0) is 14.3 Å². The number of amides is 3. The zero-order chi connectivity index (χ0) is 26.9. The molecule has 4 N–H and O–H groups in total. The third-order valence-corrected chi connectivity index (χ3v) is 6.52. The topological polar surface area (TPSA) is 158 Å². The van der Waals surface area contributed by atoms with E-state index in [1.54, 1.807) is 56.3 Å². The van der Waals surface area contributed by atoms with Crippen LogP contribution in [0.3, 0.4) is 0 Å². The Morgan fingerprint density at radius 1 is 1.14 bits per heavy atom. The number of carbonyl (C=O) groups excluding carboxylic acids is 4. The number of Topliss-reactive ketones (excluding diaryl/α,β-unsaturated/α-hetero) is 2. The van der Waals surface area contributed by atoms with Gasteiger partial charge in [-0.05, 0) is 30.5 Å². The lowest BCUT2D eigenvalue weighted by molar-refractivity contribution is -0.149. The van der Waals surface area contributed by atoms with Crippen molar-refractivity contribution in [1.29, 1.82) is 0 Å². The first-order valence-electron chi connectivity index (χ1n) is 11.7. The summed E-state index contributed by atoms with van der Waals surface area (Å²) in [6, 6.07) is 12.6. The fourth-order valence-corrected chi connectivity index (χ4v) is 4.52. The summed E-state index contributed by atoms with van der Waals surface area (Å²) in [5, 5.41) is 27.4. The molecule has 11 nitrogen and oxygen atoms in total. The van der Waals surface area contributed by atoms with Gasteiger partial charge in [0.15, 0.2) is 23.3 Å². The summed E-state index contributed by atoms with van der Waals surface area (Å²) in [6.45, 7) is 4.41. The number of urea groups is 1. The second-order valence-corrected chi connectivity index (χ2v) is 9.13. The lowest BCUT2D eigenvalue weighted by Crippen LogP contribution is -2.56. The number of rotatable bonds is 6. The molecule has 37 heavy (non-hydrogen) atoms. The van der Waals surface area contributed by atoms with Crippen molar-refractivity contribution < 1.29 is 34.1 Å². The number of aliphatic hydroxyl groups is 2. The van der Waals surface area contributed by atoms with Gasteiger partial charge in [-0.3, -0.25) is 29.9 Å². The fraction of sp³-hybridized carbons (Fsp3) is 0.346. The van der Waals surface area contributed by atoms with Gasteiger partial charge in [-0.2, -0.15) is 0 Å². The molecule has 0 aromatic heterocycles. The number of nitrogens with zero attached hydrogens (tertiary/aromatic N) is 2. The van der Waals surface area contributed by atoms with Gasteiger partial charge >= 0.3 is 6.03 Å². The smallest absolute Gasteiger partial charge is 0.327 e. The number of ketones is 2. The first-order chi connectivity index (χ1) is 17.5. The average Bonchev–Trinajstić information content (AvgIpc) is 3.21. The van der Waals surface area contributed by atoms with Crippen molar-refractivity contribution in [3.05, 3.63) is 70.8 Å². The van der Waals surface area contributed by atoms with Gasteiger partial charge in [0.05, 0.1) is 0 Å². The highest BCUT2D eigenvalue weighted by molar-refractivity contribution is 6.08. The lowest BCUT2D eigenvalue weighted by Gasteiger charge is -2.30.